The number of rotatable bonds is 7. The van der Waals surface area contributed by atoms with Crippen LogP contribution >= 0.6 is 11.3 Å². The molecule has 0 aliphatic rings. The summed E-state index contributed by atoms with van der Waals surface area (Å²) in [6, 6.07) is 13.7. The second-order valence-corrected chi connectivity index (χ2v) is 11.6. The van der Waals surface area contributed by atoms with Crippen LogP contribution in [0, 0.1) is 19.7 Å². The largest absolute Gasteiger partial charge is 0.491 e. The van der Waals surface area contributed by atoms with E-state index in [9.17, 15) is 9.18 Å². The van der Waals surface area contributed by atoms with Crippen LogP contribution < -0.4 is 16.0 Å². The molecular weight excluding hydrogens is 551 g/mol. The molecule has 6 rings (SSSR count). The van der Waals surface area contributed by atoms with E-state index in [0.29, 0.717) is 40.1 Å². The lowest BCUT2D eigenvalue weighted by atomic mass is 9.95. The lowest BCUT2D eigenvalue weighted by molar-refractivity contribution is 0.241. The van der Waals surface area contributed by atoms with Gasteiger partial charge in [-0.3, -0.25) is 9.20 Å². The number of ether oxygens (including phenoxy) is 1. The van der Waals surface area contributed by atoms with Crippen LogP contribution in [-0.4, -0.2) is 30.3 Å². The highest BCUT2D eigenvalue weighted by molar-refractivity contribution is 7.15. The molecule has 1 atom stereocenters. The molecule has 0 spiro atoms. The van der Waals surface area contributed by atoms with Crippen molar-refractivity contribution < 1.29 is 9.13 Å². The molecule has 4 aromatic heterocycles. The lowest BCUT2D eigenvalue weighted by Gasteiger charge is -2.21. The van der Waals surface area contributed by atoms with Crippen molar-refractivity contribution in [2.45, 2.75) is 53.2 Å². The maximum Gasteiger partial charge on any atom is 0.264 e. The Bertz CT molecular complexity index is 2030. The molecule has 214 valence electrons. The predicted octanol–water partition coefficient (Wildman–Crippen LogP) is 6.96. The molecule has 0 saturated heterocycles. The maximum absolute atomic E-state index is 14.5. The maximum atomic E-state index is 14.5. The van der Waals surface area contributed by atoms with Gasteiger partial charge in [-0.25, -0.2) is 19.0 Å². The van der Waals surface area contributed by atoms with Crippen LogP contribution in [-0.2, 0) is 0 Å². The van der Waals surface area contributed by atoms with Gasteiger partial charge in [-0.05, 0) is 87.2 Å². The zero-order valence-electron chi connectivity index (χ0n) is 24.1. The number of halogens is 1. The van der Waals surface area contributed by atoms with Gasteiger partial charge in [0.05, 0.1) is 23.1 Å². The summed E-state index contributed by atoms with van der Waals surface area (Å²) in [4.78, 5) is 23.7. The standard InChI is InChI=1S/C32H31FN6O2S/c1-6-24(23-14-26-38(19(5)15-42-26)32(40)27(23)20-8-7-9-22(33)13-20)39-31-28(30(34)35-16-36-31)29(37-39)21-10-11-25(18(4)12-21)41-17(2)3/h7-17,24H,6H2,1-5H3,(H2,34,35,36)/t24-/m0/s1. The van der Waals surface area contributed by atoms with Crippen LogP contribution in [0.25, 0.3) is 38.2 Å². The third-order valence-electron chi connectivity index (χ3n) is 7.39. The summed E-state index contributed by atoms with van der Waals surface area (Å²) in [5.41, 5.74) is 11.7. The van der Waals surface area contributed by atoms with E-state index < -0.39 is 11.9 Å². The Labute approximate surface area is 246 Å². The summed E-state index contributed by atoms with van der Waals surface area (Å²) in [5, 5.41) is 7.66. The smallest absolute Gasteiger partial charge is 0.264 e. The van der Waals surface area contributed by atoms with Crippen LogP contribution in [0.5, 0.6) is 5.75 Å². The highest BCUT2D eigenvalue weighted by atomic mass is 32.1. The fourth-order valence-electron chi connectivity index (χ4n) is 5.54. The average Bonchev–Trinajstić information content (AvgIpc) is 3.52. The van der Waals surface area contributed by atoms with Gasteiger partial charge in [0.15, 0.2) is 5.65 Å². The lowest BCUT2D eigenvalue weighted by Crippen LogP contribution is -2.22. The number of aromatic nitrogens is 5. The molecule has 10 heteroatoms. The van der Waals surface area contributed by atoms with Gasteiger partial charge in [-0.15, -0.1) is 11.3 Å². The fraction of sp³-hybridized carbons (Fsp3) is 0.250. The topological polar surface area (TPSA) is 100 Å². The molecule has 0 bridgehead atoms. The van der Waals surface area contributed by atoms with Gasteiger partial charge in [-0.1, -0.05) is 19.1 Å². The second-order valence-electron chi connectivity index (χ2n) is 10.7. The van der Waals surface area contributed by atoms with Crippen molar-refractivity contribution >= 4 is 33.0 Å². The number of anilines is 1. The zero-order valence-corrected chi connectivity index (χ0v) is 24.9. The number of benzene rings is 2. The molecule has 0 radical (unpaired) electrons. The van der Waals surface area contributed by atoms with Crippen LogP contribution in [0.2, 0.25) is 0 Å². The Morgan fingerprint density at radius 2 is 1.88 bits per heavy atom. The molecule has 0 amide bonds. The number of hydrogen-bond donors (Lipinski definition) is 1. The molecule has 0 unspecified atom stereocenters. The quantitative estimate of drug-likeness (QED) is 0.218. The summed E-state index contributed by atoms with van der Waals surface area (Å²) in [7, 11) is 0. The Morgan fingerprint density at radius 3 is 2.60 bits per heavy atom. The molecular formula is C32H31FN6O2S. The van der Waals surface area contributed by atoms with E-state index in [1.807, 2.05) is 68.9 Å². The van der Waals surface area contributed by atoms with Gasteiger partial charge in [0.2, 0.25) is 0 Å². The van der Waals surface area contributed by atoms with Gasteiger partial charge >= 0.3 is 0 Å². The minimum absolute atomic E-state index is 0.0461. The van der Waals surface area contributed by atoms with Crippen LogP contribution in [0.1, 0.15) is 50.1 Å². The molecule has 8 nitrogen and oxygen atoms in total. The zero-order chi connectivity index (χ0) is 29.7. The molecule has 2 N–H and O–H groups in total. The van der Waals surface area contributed by atoms with E-state index in [1.54, 1.807) is 16.5 Å². The van der Waals surface area contributed by atoms with E-state index in [-0.39, 0.29) is 11.7 Å². The highest BCUT2D eigenvalue weighted by Crippen LogP contribution is 2.38. The molecule has 0 fully saturated rings. The molecule has 42 heavy (non-hydrogen) atoms. The summed E-state index contributed by atoms with van der Waals surface area (Å²) in [6.07, 6.45) is 2.05. The monoisotopic (exact) mass is 582 g/mol. The van der Waals surface area contributed by atoms with Gasteiger partial charge in [0, 0.05) is 16.6 Å². The number of nitrogen functional groups attached to an aromatic ring is 1. The van der Waals surface area contributed by atoms with Crippen LogP contribution in [0.15, 0.2) is 65.0 Å². The first-order valence-corrected chi connectivity index (χ1v) is 14.7. The molecule has 0 saturated carbocycles. The predicted molar refractivity (Wildman–Crippen MR) is 166 cm³/mol. The molecule has 2 aromatic carbocycles. The van der Waals surface area contributed by atoms with Crippen molar-refractivity contribution in [1.82, 2.24) is 24.1 Å². The normalized spacial score (nSPS) is 12.5. The van der Waals surface area contributed by atoms with E-state index >= 15 is 0 Å². The molecule has 6 aromatic rings. The summed E-state index contributed by atoms with van der Waals surface area (Å²) in [6.45, 7) is 9.89. The van der Waals surface area contributed by atoms with Crippen LogP contribution in [0.4, 0.5) is 10.2 Å². The van der Waals surface area contributed by atoms with E-state index in [2.05, 4.69) is 9.97 Å². The first-order chi connectivity index (χ1) is 20.2. The number of fused-ring (bicyclic) bond motifs is 2. The minimum Gasteiger partial charge on any atom is -0.491 e. The van der Waals surface area contributed by atoms with Gasteiger partial charge in [0.25, 0.3) is 5.56 Å². The number of hydrogen-bond acceptors (Lipinski definition) is 7. The average molecular weight is 583 g/mol. The highest BCUT2D eigenvalue weighted by Gasteiger charge is 2.27. The Kier molecular flexibility index (Phi) is 7.02. The van der Waals surface area contributed by atoms with E-state index in [1.165, 1.54) is 29.8 Å². The van der Waals surface area contributed by atoms with Crippen molar-refractivity contribution in [1.29, 1.82) is 0 Å². The first-order valence-electron chi connectivity index (χ1n) is 13.8. The molecule has 4 heterocycles. The number of thiazole rings is 1. The SMILES string of the molecule is CC[C@@H](c1cc2scc(C)n2c(=O)c1-c1cccc(F)c1)n1nc(-c2ccc(OC(C)C)c(C)c2)c2c(N)ncnc21. The van der Waals surface area contributed by atoms with Crippen molar-refractivity contribution in [2.24, 2.45) is 0 Å². The van der Waals surface area contributed by atoms with Crippen molar-refractivity contribution in [3.8, 4) is 28.1 Å². The summed E-state index contributed by atoms with van der Waals surface area (Å²) < 4.78 is 23.9. The first kappa shape index (κ1) is 27.6. The number of nitrogens with zero attached hydrogens (tertiary/aromatic N) is 5. The van der Waals surface area contributed by atoms with E-state index in [4.69, 9.17) is 15.6 Å². The second kappa shape index (κ2) is 10.7. The summed E-state index contributed by atoms with van der Waals surface area (Å²) >= 11 is 1.49. The Hall–Kier alpha value is -4.57. The third kappa shape index (κ3) is 4.61. The Morgan fingerprint density at radius 1 is 1.07 bits per heavy atom. The van der Waals surface area contributed by atoms with Gasteiger partial charge in [-0.2, -0.15) is 5.10 Å². The van der Waals surface area contributed by atoms with E-state index in [0.717, 1.165) is 33.0 Å². The third-order valence-corrected chi connectivity index (χ3v) is 8.39. The van der Waals surface area contributed by atoms with Crippen molar-refractivity contribution in [3.05, 3.63) is 93.2 Å². The van der Waals surface area contributed by atoms with Gasteiger partial charge in [0.1, 0.15) is 34.2 Å². The molecule has 0 aliphatic heterocycles. The van der Waals surface area contributed by atoms with Gasteiger partial charge < -0.3 is 10.5 Å². The summed E-state index contributed by atoms with van der Waals surface area (Å²) in [5.74, 6) is 0.699. The van der Waals surface area contributed by atoms with Crippen LogP contribution in [0.3, 0.4) is 0 Å². The number of nitrogens with two attached hydrogens (primary N) is 1. The minimum atomic E-state index is -0.411. The number of pyridine rings is 1. The Balaban J connectivity index is 1.61. The van der Waals surface area contributed by atoms with Crippen molar-refractivity contribution in [3.63, 3.8) is 0 Å². The molecule has 0 aliphatic carbocycles. The fourth-order valence-corrected chi connectivity index (χ4v) is 6.47. The van der Waals surface area contributed by atoms with Crippen molar-refractivity contribution in [2.75, 3.05) is 5.73 Å². The number of aryl methyl sites for hydroxylation is 2.